The molecule has 39 heavy (non-hydrogen) atoms. The molecule has 1 atom stereocenters. The number of fused-ring (bicyclic) bond motifs is 1. The summed E-state index contributed by atoms with van der Waals surface area (Å²) in [6.45, 7) is 1.56. The Morgan fingerprint density at radius 1 is 1.08 bits per heavy atom. The van der Waals surface area contributed by atoms with E-state index in [0.29, 0.717) is 25.6 Å². The van der Waals surface area contributed by atoms with Gasteiger partial charge >= 0.3 is 12.1 Å². The summed E-state index contributed by atoms with van der Waals surface area (Å²) in [6, 6.07) is 7.28. The summed E-state index contributed by atoms with van der Waals surface area (Å²) >= 11 is 0. The fraction of sp³-hybridized carbons (Fsp3) is 0.423. The van der Waals surface area contributed by atoms with Gasteiger partial charge in [0.1, 0.15) is 6.33 Å². The predicted molar refractivity (Wildman–Crippen MR) is 128 cm³/mol. The fourth-order valence-electron chi connectivity index (χ4n) is 5.00. The van der Waals surface area contributed by atoms with Crippen molar-refractivity contribution in [2.75, 3.05) is 25.1 Å². The molecule has 0 spiro atoms. The van der Waals surface area contributed by atoms with Crippen LogP contribution in [0, 0.1) is 0 Å². The third-order valence-electron chi connectivity index (χ3n) is 7.35. The summed E-state index contributed by atoms with van der Waals surface area (Å²) in [4.78, 5) is 16.3. The summed E-state index contributed by atoms with van der Waals surface area (Å²) in [5, 5.41) is 6.73. The molecule has 13 heteroatoms. The second-order valence-corrected chi connectivity index (χ2v) is 10.0. The number of anilines is 1. The fourth-order valence-corrected chi connectivity index (χ4v) is 5.00. The summed E-state index contributed by atoms with van der Waals surface area (Å²) in [5.41, 5.74) is -4.71. The Kier molecular flexibility index (Phi) is 6.49. The maximum absolute atomic E-state index is 15.8. The van der Waals surface area contributed by atoms with Crippen LogP contribution in [0.25, 0.3) is 0 Å². The zero-order valence-corrected chi connectivity index (χ0v) is 21.3. The third kappa shape index (κ3) is 4.56. The van der Waals surface area contributed by atoms with E-state index in [-0.39, 0.29) is 29.5 Å². The van der Waals surface area contributed by atoms with Crippen molar-refractivity contribution >= 4 is 11.6 Å². The van der Waals surface area contributed by atoms with Crippen LogP contribution < -0.4 is 4.90 Å². The first-order chi connectivity index (χ1) is 18.2. The SMILES string of the molecule is COC1CN(Cc2cc3c(c(C(F)(F)F)c2)CN(c2cccc(C(C)(F)C(F)(F)c4nncn4C)c2)C3=O)C1. The number of halogens is 6. The van der Waals surface area contributed by atoms with E-state index < -0.39 is 47.2 Å². The van der Waals surface area contributed by atoms with E-state index in [1.54, 1.807) is 7.11 Å². The molecule has 0 aliphatic carbocycles. The van der Waals surface area contributed by atoms with Gasteiger partial charge in [0.25, 0.3) is 5.91 Å². The van der Waals surface area contributed by atoms with Crippen molar-refractivity contribution in [3.8, 4) is 0 Å². The molecule has 1 aromatic heterocycles. The van der Waals surface area contributed by atoms with Crippen LogP contribution in [0.15, 0.2) is 42.7 Å². The largest absolute Gasteiger partial charge is 0.416 e. The molecule has 2 aromatic carbocycles. The Morgan fingerprint density at radius 2 is 1.79 bits per heavy atom. The molecule has 2 aliphatic rings. The minimum Gasteiger partial charge on any atom is -0.379 e. The first-order valence-corrected chi connectivity index (χ1v) is 12.1. The Hall–Kier alpha value is -3.45. The lowest BCUT2D eigenvalue weighted by atomic mass is 9.90. The highest BCUT2D eigenvalue weighted by atomic mass is 19.4. The lowest BCUT2D eigenvalue weighted by molar-refractivity contribution is -0.149. The Bertz CT molecular complexity index is 1410. The number of nitrogens with zero attached hydrogens (tertiary/aromatic N) is 5. The van der Waals surface area contributed by atoms with Crippen molar-refractivity contribution < 1.29 is 35.9 Å². The van der Waals surface area contributed by atoms with Gasteiger partial charge in [-0.3, -0.25) is 9.69 Å². The standard InChI is InChI=1S/C26H25F6N5O2/c1-24(27,25(28,29)23-34-33-14-35(23)2)16-5-4-6-17(9-16)37-13-20-19(22(37)38)7-15(8-21(20)26(30,31)32)10-36-11-18(12-36)39-3/h4-9,14,18H,10-13H2,1-3H3. The van der Waals surface area contributed by atoms with E-state index in [2.05, 4.69) is 10.2 Å². The second kappa shape index (κ2) is 9.33. The van der Waals surface area contributed by atoms with Crippen molar-refractivity contribution in [3.63, 3.8) is 0 Å². The highest BCUT2D eigenvalue weighted by Crippen LogP contribution is 2.48. The van der Waals surface area contributed by atoms with Gasteiger partial charge in [-0.15, -0.1) is 10.2 Å². The van der Waals surface area contributed by atoms with Gasteiger partial charge in [-0.1, -0.05) is 12.1 Å². The highest BCUT2D eigenvalue weighted by molar-refractivity contribution is 6.10. The topological polar surface area (TPSA) is 63.5 Å². The van der Waals surface area contributed by atoms with Gasteiger partial charge in [0.05, 0.1) is 18.2 Å². The molecule has 0 saturated carbocycles. The van der Waals surface area contributed by atoms with E-state index in [9.17, 15) is 18.0 Å². The monoisotopic (exact) mass is 553 g/mol. The molecule has 1 saturated heterocycles. The lowest BCUT2D eigenvalue weighted by Gasteiger charge is -2.38. The molecule has 2 aliphatic heterocycles. The van der Waals surface area contributed by atoms with Crippen molar-refractivity contribution in [1.29, 1.82) is 0 Å². The van der Waals surface area contributed by atoms with Gasteiger partial charge in [0, 0.05) is 45.0 Å². The number of rotatable bonds is 7. The van der Waals surface area contributed by atoms with Gasteiger partial charge in [-0.2, -0.15) is 22.0 Å². The van der Waals surface area contributed by atoms with Crippen LogP contribution >= 0.6 is 0 Å². The Morgan fingerprint density at radius 3 is 2.41 bits per heavy atom. The van der Waals surface area contributed by atoms with Gasteiger partial charge < -0.3 is 14.2 Å². The number of alkyl halides is 6. The summed E-state index contributed by atoms with van der Waals surface area (Å²) in [5.74, 6) is -5.73. The summed E-state index contributed by atoms with van der Waals surface area (Å²) < 4.78 is 94.4. The van der Waals surface area contributed by atoms with Crippen molar-refractivity contribution in [2.45, 2.75) is 43.9 Å². The number of carbonyl (C=O) groups excluding carboxylic acids is 1. The molecule has 1 amide bonds. The minimum atomic E-state index is -4.72. The number of aryl methyl sites for hydroxylation is 1. The van der Waals surface area contributed by atoms with Gasteiger partial charge in [-0.25, -0.2) is 4.39 Å². The summed E-state index contributed by atoms with van der Waals surface area (Å²) in [6.07, 6.45) is -3.70. The number of benzene rings is 2. The van der Waals surface area contributed by atoms with Crippen molar-refractivity contribution in [2.24, 2.45) is 7.05 Å². The molecule has 3 heterocycles. The number of likely N-dealkylation sites (tertiary alicyclic amines) is 1. The first kappa shape index (κ1) is 27.1. The van der Waals surface area contributed by atoms with E-state index in [4.69, 9.17) is 4.74 Å². The highest BCUT2D eigenvalue weighted by Gasteiger charge is 2.57. The number of hydrogen-bond acceptors (Lipinski definition) is 5. The van der Waals surface area contributed by atoms with Crippen LogP contribution in [0.3, 0.4) is 0 Å². The molecule has 1 unspecified atom stereocenters. The zero-order chi connectivity index (χ0) is 28.3. The average molecular weight is 554 g/mol. The quantitative estimate of drug-likeness (QED) is 0.394. The minimum absolute atomic E-state index is 0.00754. The normalized spacial score (nSPS) is 18.3. The molecule has 3 aromatic rings. The van der Waals surface area contributed by atoms with Gasteiger partial charge in [-0.05, 0) is 47.9 Å². The first-order valence-electron chi connectivity index (χ1n) is 12.1. The van der Waals surface area contributed by atoms with E-state index >= 15 is 13.2 Å². The number of carbonyl (C=O) groups is 1. The molecular weight excluding hydrogens is 528 g/mol. The van der Waals surface area contributed by atoms with Crippen molar-refractivity contribution in [1.82, 2.24) is 19.7 Å². The van der Waals surface area contributed by atoms with Crippen LogP contribution in [0.4, 0.5) is 32.0 Å². The maximum Gasteiger partial charge on any atom is 0.416 e. The number of amides is 1. The smallest absolute Gasteiger partial charge is 0.379 e. The van der Waals surface area contributed by atoms with E-state index in [1.165, 1.54) is 25.2 Å². The molecule has 0 radical (unpaired) electrons. The zero-order valence-electron chi connectivity index (χ0n) is 21.3. The Labute approximate surface area is 220 Å². The maximum atomic E-state index is 15.8. The third-order valence-corrected chi connectivity index (χ3v) is 7.35. The average Bonchev–Trinajstić information content (AvgIpc) is 3.43. The summed E-state index contributed by atoms with van der Waals surface area (Å²) in [7, 11) is 2.81. The molecular formula is C26H25F6N5O2. The molecule has 0 N–H and O–H groups in total. The van der Waals surface area contributed by atoms with E-state index in [1.807, 2.05) is 4.90 Å². The predicted octanol–water partition coefficient (Wildman–Crippen LogP) is 4.80. The molecule has 0 bridgehead atoms. The van der Waals surface area contributed by atoms with Crippen molar-refractivity contribution in [3.05, 3.63) is 76.4 Å². The number of ether oxygens (including phenoxy) is 1. The van der Waals surface area contributed by atoms with E-state index in [0.717, 1.165) is 34.0 Å². The molecule has 1 fully saturated rings. The lowest BCUT2D eigenvalue weighted by Crippen LogP contribution is -2.50. The number of methoxy groups -OCH3 is 1. The van der Waals surface area contributed by atoms with Crippen LogP contribution in [0.2, 0.25) is 0 Å². The number of hydrogen-bond donors (Lipinski definition) is 0. The second-order valence-electron chi connectivity index (χ2n) is 10.0. The Balaban J connectivity index is 1.47. The van der Waals surface area contributed by atoms with Crippen LogP contribution in [-0.2, 0) is 42.6 Å². The molecule has 5 rings (SSSR count). The van der Waals surface area contributed by atoms with Gasteiger partial charge in [0.2, 0.25) is 11.5 Å². The molecule has 7 nitrogen and oxygen atoms in total. The van der Waals surface area contributed by atoms with Gasteiger partial charge in [0.15, 0.2) is 0 Å². The number of aromatic nitrogens is 3. The molecule has 208 valence electrons. The van der Waals surface area contributed by atoms with Crippen LogP contribution in [0.5, 0.6) is 0 Å². The van der Waals surface area contributed by atoms with Crippen LogP contribution in [0.1, 0.15) is 45.4 Å². The van der Waals surface area contributed by atoms with Crippen LogP contribution in [-0.4, -0.2) is 51.9 Å².